The minimum atomic E-state index is -0.418. The first-order valence-corrected chi connectivity index (χ1v) is 4.17. The Bertz CT molecular complexity index is 256. The van der Waals surface area contributed by atoms with E-state index in [0.717, 1.165) is 5.57 Å². The summed E-state index contributed by atoms with van der Waals surface area (Å²) in [6.07, 6.45) is 2.94. The second-order valence-corrected chi connectivity index (χ2v) is 2.58. The minimum absolute atomic E-state index is 0.284. The molecule has 4 heteroatoms. The van der Waals surface area contributed by atoms with Crippen LogP contribution < -0.4 is 0 Å². The topological polar surface area (TPSA) is 38.7 Å². The first-order valence-electron chi connectivity index (χ1n) is 3.63. The summed E-state index contributed by atoms with van der Waals surface area (Å²) in [7, 11) is 1.32. The van der Waals surface area contributed by atoms with Gasteiger partial charge in [-0.05, 0) is 25.3 Å². The Hall–Kier alpha value is -1.09. The molecule has 0 heterocycles. The Labute approximate surface area is 82.8 Å². The van der Waals surface area contributed by atoms with E-state index in [4.69, 9.17) is 11.6 Å². The summed E-state index contributed by atoms with van der Waals surface area (Å²) >= 11 is 5.58. The summed E-state index contributed by atoms with van der Waals surface area (Å²) in [5.41, 5.74) is 1.17. The van der Waals surface area contributed by atoms with Gasteiger partial charge in [0.15, 0.2) is 0 Å². The number of nitrogens with zero attached hydrogens (tertiary/aromatic N) is 1. The fourth-order valence-corrected chi connectivity index (χ4v) is 0.838. The molecule has 0 bridgehead atoms. The molecule has 0 spiro atoms. The third-order valence-corrected chi connectivity index (χ3v) is 1.81. The van der Waals surface area contributed by atoms with Crippen LogP contribution in [0.15, 0.2) is 28.4 Å². The molecule has 0 aliphatic rings. The van der Waals surface area contributed by atoms with Crippen LogP contribution in [0.4, 0.5) is 0 Å². The average Bonchev–Trinajstić information content (AvgIpc) is 2.17. The van der Waals surface area contributed by atoms with Crippen LogP contribution in [0.1, 0.15) is 6.92 Å². The van der Waals surface area contributed by atoms with E-state index in [1.165, 1.54) is 19.4 Å². The van der Waals surface area contributed by atoms with Gasteiger partial charge in [-0.25, -0.2) is 4.79 Å². The zero-order valence-corrected chi connectivity index (χ0v) is 8.47. The molecule has 0 amide bonds. The zero-order valence-electron chi connectivity index (χ0n) is 7.71. The minimum Gasteiger partial charge on any atom is -0.465 e. The van der Waals surface area contributed by atoms with Gasteiger partial charge in [0.25, 0.3) is 0 Å². The van der Waals surface area contributed by atoms with Crippen molar-refractivity contribution in [1.29, 1.82) is 0 Å². The molecule has 72 valence electrons. The van der Waals surface area contributed by atoms with E-state index < -0.39 is 5.97 Å². The lowest BCUT2D eigenvalue weighted by Gasteiger charge is -2.02. The van der Waals surface area contributed by atoms with Gasteiger partial charge in [0.05, 0.1) is 12.7 Å². The lowest BCUT2D eigenvalue weighted by Crippen LogP contribution is -2.05. The maximum absolute atomic E-state index is 11.2. The molecular formula is C9H12ClNO2. The Morgan fingerprint density at radius 2 is 2.31 bits per heavy atom. The molecule has 0 aromatic rings. The molecule has 13 heavy (non-hydrogen) atoms. The highest BCUT2D eigenvalue weighted by Gasteiger charge is 2.08. The van der Waals surface area contributed by atoms with E-state index in [2.05, 4.69) is 16.4 Å². The number of hydrogen-bond acceptors (Lipinski definition) is 3. The Balaban J connectivity index is 4.85. The van der Waals surface area contributed by atoms with Crippen LogP contribution in [0.2, 0.25) is 0 Å². The van der Waals surface area contributed by atoms with Crippen molar-refractivity contribution in [3.05, 3.63) is 23.4 Å². The normalized spacial score (nSPS) is 12.5. The van der Waals surface area contributed by atoms with Gasteiger partial charge in [-0.2, -0.15) is 0 Å². The second kappa shape index (κ2) is 6.43. The van der Waals surface area contributed by atoms with E-state index in [9.17, 15) is 4.79 Å². The highest BCUT2D eigenvalue weighted by Crippen LogP contribution is 2.09. The van der Waals surface area contributed by atoms with E-state index in [-0.39, 0.29) is 5.88 Å². The molecule has 0 unspecified atom stereocenters. The van der Waals surface area contributed by atoms with Gasteiger partial charge in [-0.15, -0.1) is 11.6 Å². The number of ether oxygens (including phenoxy) is 1. The third-order valence-electron chi connectivity index (χ3n) is 1.41. The predicted molar refractivity (Wildman–Crippen MR) is 54.1 cm³/mol. The monoisotopic (exact) mass is 201 g/mol. The molecule has 0 N–H and O–H groups in total. The molecule has 0 saturated heterocycles. The molecular weight excluding hydrogens is 190 g/mol. The molecule has 0 fully saturated rings. The average molecular weight is 202 g/mol. The van der Waals surface area contributed by atoms with Gasteiger partial charge in [-0.3, -0.25) is 4.99 Å². The fourth-order valence-electron chi connectivity index (χ4n) is 0.694. The lowest BCUT2D eigenvalue weighted by atomic mass is 10.1. The molecule has 3 nitrogen and oxygen atoms in total. The van der Waals surface area contributed by atoms with Crippen molar-refractivity contribution < 1.29 is 9.53 Å². The number of halogens is 1. The molecule has 0 rings (SSSR count). The van der Waals surface area contributed by atoms with E-state index in [0.29, 0.717) is 5.57 Å². The zero-order chi connectivity index (χ0) is 10.3. The first kappa shape index (κ1) is 11.9. The van der Waals surface area contributed by atoms with E-state index >= 15 is 0 Å². The van der Waals surface area contributed by atoms with E-state index in [1.54, 1.807) is 6.92 Å². The molecule has 0 radical (unpaired) electrons. The van der Waals surface area contributed by atoms with E-state index in [1.807, 2.05) is 0 Å². The number of hydrogen-bond donors (Lipinski definition) is 0. The van der Waals surface area contributed by atoms with Crippen molar-refractivity contribution >= 4 is 24.3 Å². The van der Waals surface area contributed by atoms with Crippen molar-refractivity contribution in [3.8, 4) is 0 Å². The van der Waals surface area contributed by atoms with Crippen LogP contribution >= 0.6 is 11.6 Å². The van der Waals surface area contributed by atoms with Crippen LogP contribution in [0, 0.1) is 0 Å². The number of carbonyl (C=O) groups excluding carboxylic acids is 1. The largest absolute Gasteiger partial charge is 0.465 e. The molecule has 0 aromatic carbocycles. The molecule has 0 aromatic heterocycles. The quantitative estimate of drug-likeness (QED) is 0.229. The second-order valence-electron chi connectivity index (χ2n) is 2.32. The van der Waals surface area contributed by atoms with Crippen molar-refractivity contribution in [3.63, 3.8) is 0 Å². The summed E-state index contributed by atoms with van der Waals surface area (Å²) < 4.78 is 4.56. The summed E-state index contributed by atoms with van der Waals surface area (Å²) in [6.45, 7) is 5.02. The van der Waals surface area contributed by atoms with Crippen molar-refractivity contribution in [2.24, 2.45) is 4.99 Å². The molecule has 0 aliphatic heterocycles. The van der Waals surface area contributed by atoms with Crippen molar-refractivity contribution in [2.75, 3.05) is 13.0 Å². The SMILES string of the molecule is C=N/C=C\C(C(=O)OC)=C(/C)CCl. The predicted octanol–water partition coefficient (Wildman–Crippen LogP) is 1.93. The molecule has 0 aliphatic carbocycles. The number of allylic oxidation sites excluding steroid dienone is 1. The van der Waals surface area contributed by atoms with Crippen LogP contribution in [0.5, 0.6) is 0 Å². The highest BCUT2D eigenvalue weighted by atomic mass is 35.5. The van der Waals surface area contributed by atoms with Gasteiger partial charge in [0.2, 0.25) is 0 Å². The summed E-state index contributed by atoms with van der Waals surface area (Å²) in [5.74, 6) is -0.135. The maximum atomic E-state index is 11.2. The Morgan fingerprint density at radius 3 is 2.69 bits per heavy atom. The number of alkyl halides is 1. The molecule has 0 saturated carbocycles. The lowest BCUT2D eigenvalue weighted by molar-refractivity contribution is -0.135. The fraction of sp³-hybridized carbons (Fsp3) is 0.333. The van der Waals surface area contributed by atoms with Crippen molar-refractivity contribution in [1.82, 2.24) is 0 Å². The van der Waals surface area contributed by atoms with Gasteiger partial charge in [0.1, 0.15) is 0 Å². The van der Waals surface area contributed by atoms with Crippen LogP contribution in [0.3, 0.4) is 0 Å². The highest BCUT2D eigenvalue weighted by molar-refractivity contribution is 6.19. The number of esters is 1. The number of rotatable bonds is 4. The number of aliphatic imine (C=N–C) groups is 1. The maximum Gasteiger partial charge on any atom is 0.337 e. The Morgan fingerprint density at radius 1 is 1.69 bits per heavy atom. The van der Waals surface area contributed by atoms with Gasteiger partial charge < -0.3 is 4.74 Å². The summed E-state index contributed by atoms with van der Waals surface area (Å²) in [4.78, 5) is 14.7. The van der Waals surface area contributed by atoms with Crippen LogP contribution in [-0.4, -0.2) is 25.7 Å². The summed E-state index contributed by atoms with van der Waals surface area (Å²) in [6, 6.07) is 0. The van der Waals surface area contributed by atoms with Crippen LogP contribution in [-0.2, 0) is 9.53 Å². The Kier molecular flexibility index (Phi) is 5.89. The van der Waals surface area contributed by atoms with Crippen LogP contribution in [0.25, 0.3) is 0 Å². The first-order chi connectivity index (χ1) is 6.17. The van der Waals surface area contributed by atoms with Gasteiger partial charge >= 0.3 is 5.97 Å². The standard InChI is InChI=1S/C9H12ClNO2/c1-7(6-10)8(4-5-11-2)9(12)13-3/h4-5H,2,6H2,1,3H3/b5-4-,8-7-. The van der Waals surface area contributed by atoms with Gasteiger partial charge in [-0.1, -0.05) is 0 Å². The number of carbonyl (C=O) groups is 1. The number of methoxy groups -OCH3 is 1. The third kappa shape index (κ3) is 3.90. The summed E-state index contributed by atoms with van der Waals surface area (Å²) in [5, 5.41) is 0. The molecule has 0 atom stereocenters. The van der Waals surface area contributed by atoms with Gasteiger partial charge in [0, 0.05) is 12.1 Å². The smallest absolute Gasteiger partial charge is 0.337 e. The van der Waals surface area contributed by atoms with Crippen molar-refractivity contribution in [2.45, 2.75) is 6.92 Å².